The Bertz CT molecular complexity index is 255. The first kappa shape index (κ1) is 10.1. The third-order valence-electron chi connectivity index (χ3n) is 2.05. The van der Waals surface area contributed by atoms with Crippen molar-refractivity contribution in [1.29, 1.82) is 0 Å². The largest absolute Gasteiger partial charge is 0.306 e. The van der Waals surface area contributed by atoms with E-state index in [1.807, 2.05) is 0 Å². The first-order valence-electron chi connectivity index (χ1n) is 3.77. The van der Waals surface area contributed by atoms with Crippen LogP contribution in [0.2, 0.25) is 0 Å². The van der Waals surface area contributed by atoms with Crippen molar-refractivity contribution in [2.24, 2.45) is 5.92 Å². The second-order valence-corrected chi connectivity index (χ2v) is 6.36. The van der Waals surface area contributed by atoms with Crippen LogP contribution in [0.15, 0.2) is 0 Å². The highest BCUT2D eigenvalue weighted by Crippen LogP contribution is 2.19. The number of sulfone groups is 1. The standard InChI is InChI=1S/C6H12O4S2/c7-11(8)5-6-1-3-12(9,10)4-2-6/h6H,1-5H2,(H,7,8). The third kappa shape index (κ3) is 3.20. The molecule has 0 aromatic carbocycles. The number of rotatable bonds is 2. The zero-order valence-electron chi connectivity index (χ0n) is 6.60. The summed E-state index contributed by atoms with van der Waals surface area (Å²) in [6.07, 6.45) is 1.07. The van der Waals surface area contributed by atoms with E-state index in [0.717, 1.165) is 0 Å². The Morgan fingerprint density at radius 1 is 1.33 bits per heavy atom. The topological polar surface area (TPSA) is 71.4 Å². The van der Waals surface area contributed by atoms with Crippen LogP contribution in [0.4, 0.5) is 0 Å². The molecule has 1 atom stereocenters. The van der Waals surface area contributed by atoms with Crippen molar-refractivity contribution in [3.05, 3.63) is 0 Å². The molecule has 0 saturated carbocycles. The van der Waals surface area contributed by atoms with Gasteiger partial charge in [0, 0.05) is 0 Å². The average Bonchev–Trinajstić information content (AvgIpc) is 1.93. The summed E-state index contributed by atoms with van der Waals surface area (Å²) in [5.74, 6) is 0.679. The lowest BCUT2D eigenvalue weighted by molar-refractivity contribution is 0.485. The molecule has 72 valence electrons. The van der Waals surface area contributed by atoms with Crippen molar-refractivity contribution in [3.63, 3.8) is 0 Å². The second kappa shape index (κ2) is 3.85. The van der Waals surface area contributed by atoms with Crippen LogP contribution in [0, 0.1) is 5.92 Å². The van der Waals surface area contributed by atoms with E-state index in [2.05, 4.69) is 0 Å². The maximum Gasteiger partial charge on any atom is 0.153 e. The zero-order chi connectivity index (χ0) is 9.19. The van der Waals surface area contributed by atoms with Gasteiger partial charge in [-0.2, -0.15) is 0 Å². The van der Waals surface area contributed by atoms with Gasteiger partial charge >= 0.3 is 0 Å². The molecular weight excluding hydrogens is 200 g/mol. The van der Waals surface area contributed by atoms with Crippen LogP contribution >= 0.6 is 0 Å². The molecule has 0 spiro atoms. The molecule has 12 heavy (non-hydrogen) atoms. The quantitative estimate of drug-likeness (QED) is 0.656. The molecule has 1 aliphatic rings. The molecule has 1 fully saturated rings. The first-order chi connectivity index (χ1) is 5.49. The van der Waals surface area contributed by atoms with E-state index >= 15 is 0 Å². The van der Waals surface area contributed by atoms with Crippen LogP contribution in [0.3, 0.4) is 0 Å². The molecule has 6 heteroatoms. The van der Waals surface area contributed by atoms with Gasteiger partial charge in [-0.1, -0.05) is 0 Å². The van der Waals surface area contributed by atoms with E-state index in [1.165, 1.54) is 0 Å². The molecule has 1 unspecified atom stereocenters. The fraction of sp³-hybridized carbons (Fsp3) is 1.00. The van der Waals surface area contributed by atoms with Gasteiger partial charge in [0.25, 0.3) is 0 Å². The monoisotopic (exact) mass is 212 g/mol. The minimum atomic E-state index is -2.83. The lowest BCUT2D eigenvalue weighted by atomic mass is 10.1. The Kier molecular flexibility index (Phi) is 3.25. The molecule has 0 radical (unpaired) electrons. The third-order valence-corrected chi connectivity index (χ3v) is 4.52. The molecule has 0 aliphatic carbocycles. The van der Waals surface area contributed by atoms with Gasteiger partial charge in [0.05, 0.1) is 17.3 Å². The van der Waals surface area contributed by atoms with Crippen molar-refractivity contribution in [2.75, 3.05) is 17.3 Å². The van der Waals surface area contributed by atoms with Crippen molar-refractivity contribution >= 4 is 20.9 Å². The van der Waals surface area contributed by atoms with Crippen LogP contribution < -0.4 is 0 Å². The zero-order valence-corrected chi connectivity index (χ0v) is 8.23. The van der Waals surface area contributed by atoms with Gasteiger partial charge < -0.3 is 4.55 Å². The van der Waals surface area contributed by atoms with Crippen molar-refractivity contribution < 1.29 is 17.2 Å². The fourth-order valence-electron chi connectivity index (χ4n) is 1.31. The summed E-state index contributed by atoms with van der Waals surface area (Å²) in [4.78, 5) is 0. The minimum absolute atomic E-state index is 0.111. The van der Waals surface area contributed by atoms with E-state index < -0.39 is 20.9 Å². The summed E-state index contributed by atoms with van der Waals surface area (Å²) in [6, 6.07) is 0. The van der Waals surface area contributed by atoms with Crippen molar-refractivity contribution in [2.45, 2.75) is 12.8 Å². The predicted molar refractivity (Wildman–Crippen MR) is 47.0 cm³/mol. The molecule has 1 rings (SSSR count). The Hall–Kier alpha value is 0.0600. The molecule has 0 amide bonds. The summed E-state index contributed by atoms with van der Waals surface area (Å²) in [7, 11) is -2.83. The molecule has 1 N–H and O–H groups in total. The van der Waals surface area contributed by atoms with Gasteiger partial charge in [-0.05, 0) is 18.8 Å². The highest BCUT2D eigenvalue weighted by atomic mass is 32.2. The minimum Gasteiger partial charge on any atom is -0.306 e. The van der Waals surface area contributed by atoms with Gasteiger partial charge in [-0.3, -0.25) is 0 Å². The van der Waals surface area contributed by atoms with E-state index in [4.69, 9.17) is 4.55 Å². The first-order valence-corrected chi connectivity index (χ1v) is 6.87. The Morgan fingerprint density at radius 2 is 1.83 bits per heavy atom. The molecule has 0 aromatic rings. The van der Waals surface area contributed by atoms with Gasteiger partial charge in [0.2, 0.25) is 0 Å². The molecule has 1 heterocycles. The molecule has 4 nitrogen and oxygen atoms in total. The van der Waals surface area contributed by atoms with E-state index in [1.54, 1.807) is 0 Å². The summed E-state index contributed by atoms with van der Waals surface area (Å²) in [5, 5.41) is 0. The Balaban J connectivity index is 2.41. The summed E-state index contributed by atoms with van der Waals surface area (Å²) in [5.41, 5.74) is 0. The van der Waals surface area contributed by atoms with Crippen LogP contribution in [-0.4, -0.2) is 34.4 Å². The SMILES string of the molecule is O=S(O)CC1CCS(=O)(=O)CC1. The molecule has 1 aliphatic heterocycles. The predicted octanol–water partition coefficient (Wildman–Crippen LogP) is 0.0329. The highest BCUT2D eigenvalue weighted by molar-refractivity contribution is 7.91. The maximum atomic E-state index is 10.9. The Morgan fingerprint density at radius 3 is 2.25 bits per heavy atom. The van der Waals surface area contributed by atoms with Gasteiger partial charge in [-0.25, -0.2) is 12.6 Å². The van der Waals surface area contributed by atoms with E-state index in [9.17, 15) is 12.6 Å². The maximum absolute atomic E-state index is 10.9. The molecule has 0 aromatic heterocycles. The number of hydrogen-bond donors (Lipinski definition) is 1. The smallest absolute Gasteiger partial charge is 0.153 e. The van der Waals surface area contributed by atoms with Gasteiger partial charge in [-0.15, -0.1) is 0 Å². The van der Waals surface area contributed by atoms with Gasteiger partial charge in [0.1, 0.15) is 9.84 Å². The van der Waals surface area contributed by atoms with Crippen LogP contribution in [0.1, 0.15) is 12.8 Å². The normalized spacial score (nSPS) is 26.8. The lowest BCUT2D eigenvalue weighted by Crippen LogP contribution is -2.26. The van der Waals surface area contributed by atoms with Crippen molar-refractivity contribution in [1.82, 2.24) is 0 Å². The summed E-state index contributed by atoms with van der Waals surface area (Å²) < 4.78 is 40.8. The summed E-state index contributed by atoms with van der Waals surface area (Å²) >= 11 is -1.78. The van der Waals surface area contributed by atoms with Crippen LogP contribution in [-0.2, 0) is 20.9 Å². The van der Waals surface area contributed by atoms with E-state index in [0.29, 0.717) is 12.8 Å². The highest BCUT2D eigenvalue weighted by Gasteiger charge is 2.24. The lowest BCUT2D eigenvalue weighted by Gasteiger charge is -2.19. The summed E-state index contributed by atoms with van der Waals surface area (Å²) in [6.45, 7) is 0. The molecule has 0 bridgehead atoms. The van der Waals surface area contributed by atoms with Crippen molar-refractivity contribution in [3.8, 4) is 0 Å². The molecular formula is C6H12O4S2. The average molecular weight is 212 g/mol. The second-order valence-electron chi connectivity index (χ2n) is 3.08. The molecule has 1 saturated heterocycles. The van der Waals surface area contributed by atoms with Gasteiger partial charge in [0.15, 0.2) is 11.1 Å². The number of hydrogen-bond acceptors (Lipinski definition) is 3. The van der Waals surface area contributed by atoms with Crippen LogP contribution in [0.25, 0.3) is 0 Å². The van der Waals surface area contributed by atoms with Crippen LogP contribution in [0.5, 0.6) is 0 Å². The fourth-order valence-corrected chi connectivity index (χ4v) is 3.63. The van der Waals surface area contributed by atoms with E-state index in [-0.39, 0.29) is 23.2 Å². The Labute approximate surface area is 74.6 Å².